The predicted molar refractivity (Wildman–Crippen MR) is 10.7 cm³/mol. The van der Waals surface area contributed by atoms with E-state index in [4.69, 9.17) is 9.90 Å². The van der Waals surface area contributed by atoms with Crippen molar-refractivity contribution < 1.29 is 50.9 Å². The van der Waals surface area contributed by atoms with Crippen LogP contribution in [0, 0.1) is 0 Å². The first-order valence-corrected chi connectivity index (χ1v) is 0.908. The fourth-order valence-corrected chi connectivity index (χ4v) is 0. The molecule has 0 saturated heterocycles. The number of carbonyl (C=O) groups excluding carboxylic acids is 1. The lowest BCUT2D eigenvalue weighted by Gasteiger charge is -1.77. The lowest BCUT2D eigenvalue weighted by Crippen LogP contribution is -3.00. The van der Waals surface area contributed by atoms with Crippen molar-refractivity contribution in [1.82, 2.24) is 0 Å². The standard InChI is InChI=1S/C2H4O2.BrH.HI/c1-2(3)4;;/h1H3,(H,3,4);2*1H/p-3. The van der Waals surface area contributed by atoms with Gasteiger partial charge >= 0.3 is 0 Å². The normalized spacial score (nSPS) is 4.17. The summed E-state index contributed by atoms with van der Waals surface area (Å²) in [6.07, 6.45) is 0. The maximum atomic E-state index is 8.89. The quantitative estimate of drug-likeness (QED) is 0.409. The molecule has 0 aromatic carbocycles. The molecule has 0 unspecified atom stereocenters. The van der Waals surface area contributed by atoms with E-state index in [1.165, 1.54) is 0 Å². The molecule has 40 valence electrons. The summed E-state index contributed by atoms with van der Waals surface area (Å²) >= 11 is 0. The third-order valence-corrected chi connectivity index (χ3v) is 0. The SMILES string of the molecule is CC(=O)[O-].[Br-].[I-]. The summed E-state index contributed by atoms with van der Waals surface area (Å²) in [6, 6.07) is 0. The van der Waals surface area contributed by atoms with Crippen molar-refractivity contribution in [1.29, 1.82) is 0 Å². The maximum absolute atomic E-state index is 8.89. The van der Waals surface area contributed by atoms with Gasteiger partial charge in [-0.05, 0) is 6.92 Å². The van der Waals surface area contributed by atoms with E-state index < -0.39 is 5.97 Å². The molecular formula is C2H3BrIO2-3. The second kappa shape index (κ2) is 9.19. The van der Waals surface area contributed by atoms with E-state index in [1.54, 1.807) is 0 Å². The van der Waals surface area contributed by atoms with E-state index in [-0.39, 0.29) is 41.0 Å². The lowest BCUT2D eigenvalue weighted by molar-refractivity contribution is -0.302. The van der Waals surface area contributed by atoms with E-state index in [1.807, 2.05) is 0 Å². The molecule has 0 aliphatic rings. The van der Waals surface area contributed by atoms with Gasteiger partial charge < -0.3 is 50.9 Å². The molecule has 0 aromatic heterocycles. The van der Waals surface area contributed by atoms with E-state index in [0.717, 1.165) is 6.92 Å². The molecule has 0 atom stereocenters. The van der Waals surface area contributed by atoms with Crippen molar-refractivity contribution in [2.45, 2.75) is 6.92 Å². The van der Waals surface area contributed by atoms with Crippen LogP contribution in [-0.4, -0.2) is 5.97 Å². The van der Waals surface area contributed by atoms with Crippen molar-refractivity contribution in [3.63, 3.8) is 0 Å². The monoisotopic (exact) mass is 265 g/mol. The second-order valence-electron chi connectivity index (χ2n) is 0.492. The summed E-state index contributed by atoms with van der Waals surface area (Å²) in [5.41, 5.74) is 0. The Kier molecular flexibility index (Phi) is 24.4. The topological polar surface area (TPSA) is 40.1 Å². The molecular weight excluding hydrogens is 263 g/mol. The van der Waals surface area contributed by atoms with Crippen LogP contribution in [0.15, 0.2) is 0 Å². The second-order valence-corrected chi connectivity index (χ2v) is 0.492. The maximum Gasteiger partial charge on any atom is 0.0383 e. The first-order chi connectivity index (χ1) is 1.73. The number of halogens is 2. The van der Waals surface area contributed by atoms with Crippen molar-refractivity contribution in [3.8, 4) is 0 Å². The van der Waals surface area contributed by atoms with Gasteiger partial charge in [-0.2, -0.15) is 0 Å². The average Bonchev–Trinajstić information content (AvgIpc) is 0.811. The van der Waals surface area contributed by atoms with Gasteiger partial charge in [-0.25, -0.2) is 0 Å². The molecule has 0 heterocycles. The number of carboxylic acids is 1. The van der Waals surface area contributed by atoms with Crippen LogP contribution in [0.3, 0.4) is 0 Å². The Balaban J connectivity index is -0.0000000450. The van der Waals surface area contributed by atoms with Crippen LogP contribution < -0.4 is 46.1 Å². The Bertz CT molecular complexity index is 34.5. The number of carboxylic acid groups (broad SMARTS) is 1. The highest BCUT2D eigenvalue weighted by molar-refractivity contribution is 5.60. The van der Waals surface area contributed by atoms with Crippen molar-refractivity contribution in [3.05, 3.63) is 0 Å². The Morgan fingerprint density at radius 1 is 1.67 bits per heavy atom. The predicted octanol–water partition coefficient (Wildman–Crippen LogP) is -7.24. The molecule has 6 heavy (non-hydrogen) atoms. The molecule has 0 rings (SSSR count). The molecule has 0 aliphatic heterocycles. The van der Waals surface area contributed by atoms with E-state index in [0.29, 0.717) is 0 Å². The molecule has 0 aromatic rings. The van der Waals surface area contributed by atoms with Gasteiger partial charge in [-0.15, -0.1) is 0 Å². The highest BCUT2D eigenvalue weighted by Gasteiger charge is 1.46. The van der Waals surface area contributed by atoms with Crippen molar-refractivity contribution >= 4 is 5.97 Å². The fourth-order valence-electron chi connectivity index (χ4n) is 0. The molecule has 4 heteroatoms. The zero-order chi connectivity index (χ0) is 3.58. The highest BCUT2D eigenvalue weighted by atomic mass is 127. The molecule has 2 nitrogen and oxygen atoms in total. The Labute approximate surface area is 63.7 Å². The Morgan fingerprint density at radius 3 is 1.67 bits per heavy atom. The first-order valence-electron chi connectivity index (χ1n) is 0.908. The molecule has 0 saturated carbocycles. The van der Waals surface area contributed by atoms with E-state index >= 15 is 0 Å². The average molecular weight is 266 g/mol. The van der Waals surface area contributed by atoms with Crippen LogP contribution >= 0.6 is 0 Å². The van der Waals surface area contributed by atoms with Crippen LogP contribution in [0.5, 0.6) is 0 Å². The van der Waals surface area contributed by atoms with Crippen LogP contribution in [0.2, 0.25) is 0 Å². The van der Waals surface area contributed by atoms with E-state index in [9.17, 15) is 0 Å². The minimum atomic E-state index is -1.08. The van der Waals surface area contributed by atoms with Gasteiger partial charge in [0.15, 0.2) is 0 Å². The smallest absolute Gasteiger partial charge is 0.0383 e. The van der Waals surface area contributed by atoms with Crippen LogP contribution in [-0.2, 0) is 4.79 Å². The Morgan fingerprint density at radius 2 is 1.67 bits per heavy atom. The summed E-state index contributed by atoms with van der Waals surface area (Å²) in [6.45, 7) is 0.972. The van der Waals surface area contributed by atoms with Crippen LogP contribution in [0.25, 0.3) is 0 Å². The number of aliphatic carboxylic acids is 1. The molecule has 0 N–H and O–H groups in total. The highest BCUT2D eigenvalue weighted by Crippen LogP contribution is 1.31. The minimum absolute atomic E-state index is 0. The van der Waals surface area contributed by atoms with Gasteiger partial charge in [0.1, 0.15) is 0 Å². The number of carbonyl (C=O) groups is 1. The Hall–Kier alpha value is 0.680. The fraction of sp³-hybridized carbons (Fsp3) is 0.500. The first kappa shape index (κ1) is 15.9. The molecule has 0 aliphatic carbocycles. The summed E-state index contributed by atoms with van der Waals surface area (Å²) in [5, 5.41) is 8.89. The van der Waals surface area contributed by atoms with Crippen LogP contribution in [0.1, 0.15) is 6.92 Å². The van der Waals surface area contributed by atoms with Crippen molar-refractivity contribution in [2.24, 2.45) is 0 Å². The summed E-state index contributed by atoms with van der Waals surface area (Å²) in [7, 11) is 0. The van der Waals surface area contributed by atoms with Gasteiger partial charge in [0.25, 0.3) is 0 Å². The molecule has 0 spiro atoms. The van der Waals surface area contributed by atoms with Gasteiger partial charge in [0, 0.05) is 5.97 Å². The molecule has 0 fully saturated rings. The third kappa shape index (κ3) is 137. The third-order valence-electron chi connectivity index (χ3n) is 0. The van der Waals surface area contributed by atoms with Gasteiger partial charge in [-0.3, -0.25) is 0 Å². The number of hydrogen-bond donors (Lipinski definition) is 0. The summed E-state index contributed by atoms with van der Waals surface area (Å²) in [4.78, 5) is 8.89. The number of rotatable bonds is 0. The minimum Gasteiger partial charge on any atom is -1.00 e. The number of hydrogen-bond acceptors (Lipinski definition) is 2. The largest absolute Gasteiger partial charge is 1.00 e. The van der Waals surface area contributed by atoms with E-state index in [2.05, 4.69) is 0 Å². The lowest BCUT2D eigenvalue weighted by atomic mass is 10.9. The molecule has 0 radical (unpaired) electrons. The zero-order valence-corrected chi connectivity index (χ0v) is 6.82. The zero-order valence-electron chi connectivity index (χ0n) is 3.07. The van der Waals surface area contributed by atoms with Gasteiger partial charge in [0.05, 0.1) is 0 Å². The summed E-state index contributed by atoms with van der Waals surface area (Å²) < 4.78 is 0. The molecule has 0 bridgehead atoms. The molecule has 0 amide bonds. The van der Waals surface area contributed by atoms with Gasteiger partial charge in [0.2, 0.25) is 0 Å². The van der Waals surface area contributed by atoms with Gasteiger partial charge in [-0.1, -0.05) is 0 Å². The van der Waals surface area contributed by atoms with Crippen LogP contribution in [0.4, 0.5) is 0 Å². The summed E-state index contributed by atoms with van der Waals surface area (Å²) in [5.74, 6) is -1.08. The van der Waals surface area contributed by atoms with Crippen molar-refractivity contribution in [2.75, 3.05) is 0 Å².